The number of carbonyl (C=O) groups is 1. The Balaban J connectivity index is 1.79. The van der Waals surface area contributed by atoms with Gasteiger partial charge in [0.25, 0.3) is 0 Å². The lowest BCUT2D eigenvalue weighted by Gasteiger charge is -2.38. The Labute approximate surface area is 138 Å². The van der Waals surface area contributed by atoms with Crippen LogP contribution in [0.3, 0.4) is 0 Å². The van der Waals surface area contributed by atoms with Gasteiger partial charge >= 0.3 is 0 Å². The van der Waals surface area contributed by atoms with Crippen molar-refractivity contribution in [2.45, 2.75) is 43.2 Å². The molecule has 3 rings (SSSR count). The van der Waals surface area contributed by atoms with Crippen LogP contribution < -0.4 is 0 Å². The van der Waals surface area contributed by atoms with E-state index in [0.717, 1.165) is 5.56 Å². The first kappa shape index (κ1) is 16.1. The highest BCUT2D eigenvalue weighted by atomic mass is 79.9. The van der Waals surface area contributed by atoms with Crippen molar-refractivity contribution in [3.8, 4) is 0 Å². The standard InChI is InChI=1S/C16H20BrNO4/c1-16(2)20-10-13(22-16)14-15(19)12(17)9-21-18(14)8-11-6-4-3-5-7-11/h3-7,12-14H,8-10H2,1-2H3/t12-,13+,14-/m0/s1. The highest BCUT2D eigenvalue weighted by Gasteiger charge is 2.47. The number of benzene rings is 1. The SMILES string of the molecule is CC1(C)OC[C@H]([C@H]2C(=O)[C@@H](Br)CON2Cc2ccccc2)O1. The summed E-state index contributed by atoms with van der Waals surface area (Å²) >= 11 is 3.39. The maximum Gasteiger partial charge on any atom is 0.171 e. The summed E-state index contributed by atoms with van der Waals surface area (Å²) in [5.41, 5.74) is 1.09. The van der Waals surface area contributed by atoms with Crippen LogP contribution in [0.15, 0.2) is 30.3 Å². The highest BCUT2D eigenvalue weighted by molar-refractivity contribution is 9.10. The Hall–Kier alpha value is -0.790. The molecule has 120 valence electrons. The summed E-state index contributed by atoms with van der Waals surface area (Å²) in [4.78, 5) is 18.1. The number of rotatable bonds is 3. The molecule has 0 aliphatic carbocycles. The molecule has 6 heteroatoms. The summed E-state index contributed by atoms with van der Waals surface area (Å²) in [5.74, 6) is -0.587. The van der Waals surface area contributed by atoms with Crippen molar-refractivity contribution in [3.63, 3.8) is 0 Å². The minimum atomic E-state index is -0.664. The van der Waals surface area contributed by atoms with Gasteiger partial charge in [0.2, 0.25) is 0 Å². The number of Topliss-reactive ketones (excluding diaryl/α,β-unsaturated/α-hetero) is 1. The first-order chi connectivity index (χ1) is 10.5. The molecule has 0 spiro atoms. The molecule has 0 amide bonds. The normalized spacial score (nSPS) is 32.3. The summed E-state index contributed by atoms with van der Waals surface area (Å²) < 4.78 is 11.5. The maximum atomic E-state index is 12.6. The van der Waals surface area contributed by atoms with Crippen LogP contribution in [0.1, 0.15) is 19.4 Å². The third-order valence-corrected chi connectivity index (χ3v) is 4.58. The third-order valence-electron chi connectivity index (χ3n) is 3.86. The second-order valence-corrected chi connectivity index (χ2v) is 7.14. The average molecular weight is 370 g/mol. The molecule has 0 N–H and O–H groups in total. The predicted octanol–water partition coefficient (Wildman–Crippen LogP) is 2.29. The van der Waals surface area contributed by atoms with Gasteiger partial charge in [-0.05, 0) is 19.4 Å². The third kappa shape index (κ3) is 3.41. The molecule has 0 radical (unpaired) electrons. The smallest absolute Gasteiger partial charge is 0.171 e. The summed E-state index contributed by atoms with van der Waals surface area (Å²) in [6, 6.07) is 9.47. The predicted molar refractivity (Wildman–Crippen MR) is 84.4 cm³/mol. The molecular weight excluding hydrogens is 350 g/mol. The minimum Gasteiger partial charge on any atom is -0.348 e. The van der Waals surface area contributed by atoms with Crippen LogP contribution >= 0.6 is 15.9 Å². The number of hydrogen-bond donors (Lipinski definition) is 0. The van der Waals surface area contributed by atoms with Crippen LogP contribution in [-0.4, -0.2) is 46.8 Å². The van der Waals surface area contributed by atoms with E-state index in [0.29, 0.717) is 19.8 Å². The van der Waals surface area contributed by atoms with E-state index in [4.69, 9.17) is 14.3 Å². The van der Waals surface area contributed by atoms with Gasteiger partial charge < -0.3 is 9.47 Å². The molecule has 1 aromatic carbocycles. The molecule has 5 nitrogen and oxygen atoms in total. The lowest BCUT2D eigenvalue weighted by Crippen LogP contribution is -2.57. The van der Waals surface area contributed by atoms with E-state index in [-0.39, 0.29) is 16.7 Å². The van der Waals surface area contributed by atoms with E-state index in [1.807, 2.05) is 44.2 Å². The molecule has 3 atom stereocenters. The number of hydrogen-bond acceptors (Lipinski definition) is 5. The first-order valence-electron chi connectivity index (χ1n) is 7.39. The van der Waals surface area contributed by atoms with E-state index in [1.54, 1.807) is 5.06 Å². The van der Waals surface area contributed by atoms with Crippen molar-refractivity contribution < 1.29 is 19.1 Å². The number of ketones is 1. The second kappa shape index (κ2) is 6.37. The van der Waals surface area contributed by atoms with Gasteiger partial charge in [0.05, 0.1) is 19.8 Å². The Morgan fingerprint density at radius 2 is 2.00 bits per heavy atom. The second-order valence-electron chi connectivity index (χ2n) is 6.04. The van der Waals surface area contributed by atoms with Crippen LogP contribution in [0.2, 0.25) is 0 Å². The van der Waals surface area contributed by atoms with Crippen molar-refractivity contribution >= 4 is 21.7 Å². The van der Waals surface area contributed by atoms with Crippen LogP contribution in [0.25, 0.3) is 0 Å². The van der Waals surface area contributed by atoms with Gasteiger partial charge in [-0.1, -0.05) is 46.3 Å². The fourth-order valence-electron chi connectivity index (χ4n) is 2.80. The largest absolute Gasteiger partial charge is 0.348 e. The molecule has 2 aliphatic heterocycles. The summed E-state index contributed by atoms with van der Waals surface area (Å²) in [6.07, 6.45) is -0.327. The molecular formula is C16H20BrNO4. The molecule has 0 saturated carbocycles. The highest BCUT2D eigenvalue weighted by Crippen LogP contribution is 2.30. The molecule has 0 bridgehead atoms. The molecule has 2 aliphatic rings. The Morgan fingerprint density at radius 3 is 2.64 bits per heavy atom. The molecule has 2 saturated heterocycles. The number of hydroxylamine groups is 2. The van der Waals surface area contributed by atoms with Crippen molar-refractivity contribution in [2.24, 2.45) is 0 Å². The monoisotopic (exact) mass is 369 g/mol. The van der Waals surface area contributed by atoms with Crippen molar-refractivity contribution in [1.29, 1.82) is 0 Å². The van der Waals surface area contributed by atoms with Gasteiger partial charge in [0, 0.05) is 0 Å². The molecule has 2 fully saturated rings. The number of alkyl halides is 1. The van der Waals surface area contributed by atoms with Crippen molar-refractivity contribution in [1.82, 2.24) is 5.06 Å². The molecule has 22 heavy (non-hydrogen) atoms. The molecule has 2 heterocycles. The quantitative estimate of drug-likeness (QED) is 0.765. The number of halogens is 1. The topological polar surface area (TPSA) is 48.0 Å². The summed E-state index contributed by atoms with van der Waals surface area (Å²) in [5, 5.41) is 1.73. The maximum absolute atomic E-state index is 12.6. The van der Waals surface area contributed by atoms with Gasteiger partial charge in [-0.3, -0.25) is 9.63 Å². The van der Waals surface area contributed by atoms with E-state index < -0.39 is 11.8 Å². The average Bonchev–Trinajstić information content (AvgIpc) is 2.84. The first-order valence-corrected chi connectivity index (χ1v) is 8.31. The van der Waals surface area contributed by atoms with Gasteiger partial charge in [0.1, 0.15) is 17.0 Å². The van der Waals surface area contributed by atoms with E-state index in [9.17, 15) is 4.79 Å². The van der Waals surface area contributed by atoms with Crippen LogP contribution in [0.4, 0.5) is 0 Å². The van der Waals surface area contributed by atoms with Crippen LogP contribution in [0, 0.1) is 0 Å². The molecule has 0 aromatic heterocycles. The minimum absolute atomic E-state index is 0.0773. The van der Waals surface area contributed by atoms with Crippen LogP contribution in [-0.2, 0) is 25.7 Å². The number of ether oxygens (including phenoxy) is 2. The van der Waals surface area contributed by atoms with E-state index in [1.165, 1.54) is 0 Å². The zero-order valence-corrected chi connectivity index (χ0v) is 14.3. The lowest BCUT2D eigenvalue weighted by molar-refractivity contribution is -0.234. The zero-order valence-electron chi connectivity index (χ0n) is 12.7. The Kier molecular flexibility index (Phi) is 4.66. The van der Waals surface area contributed by atoms with Gasteiger partial charge in [-0.25, -0.2) is 0 Å². The Bertz CT molecular complexity index is 536. The van der Waals surface area contributed by atoms with E-state index in [2.05, 4.69) is 15.9 Å². The van der Waals surface area contributed by atoms with Gasteiger partial charge in [-0.15, -0.1) is 0 Å². The molecule has 1 aromatic rings. The van der Waals surface area contributed by atoms with Crippen molar-refractivity contribution in [2.75, 3.05) is 13.2 Å². The van der Waals surface area contributed by atoms with Gasteiger partial charge in [-0.2, -0.15) is 5.06 Å². The van der Waals surface area contributed by atoms with Crippen LogP contribution in [0.5, 0.6) is 0 Å². The lowest BCUT2D eigenvalue weighted by atomic mass is 10.0. The zero-order chi connectivity index (χ0) is 15.7. The fraction of sp³-hybridized carbons (Fsp3) is 0.562. The summed E-state index contributed by atoms with van der Waals surface area (Å²) in [7, 11) is 0. The van der Waals surface area contributed by atoms with Crippen molar-refractivity contribution in [3.05, 3.63) is 35.9 Å². The number of nitrogens with zero attached hydrogens (tertiary/aromatic N) is 1. The number of carbonyl (C=O) groups excluding carboxylic acids is 1. The van der Waals surface area contributed by atoms with E-state index >= 15 is 0 Å². The molecule has 0 unspecified atom stereocenters. The summed E-state index contributed by atoms with van der Waals surface area (Å²) in [6.45, 7) is 4.97. The fourth-order valence-corrected chi connectivity index (χ4v) is 3.19. The van der Waals surface area contributed by atoms with Gasteiger partial charge in [0.15, 0.2) is 11.6 Å². The Morgan fingerprint density at radius 1 is 1.27 bits per heavy atom.